The second kappa shape index (κ2) is 35.7. The Hall–Kier alpha value is -6.30. The summed E-state index contributed by atoms with van der Waals surface area (Å²) in [4.78, 5) is 58.5. The molecular weight excluding hydrogens is 1690 g/mol. The SMILES string of the molecule is COc1cccc2c1nnn2CC(=O)[C@H]1CC[C@H]2[C@@H]3CC[C@@H]4C[C@](C)(O)CC[C@]4(C)[C@H]3CC[C@]12C.COc1cccc2nn(CC(=O)[C@H]3CC[C@H]4[C@@H]5CC[C@@H]6C[C@](C)(O)CC[C@]6(C)[C@H]5CC[C@]34C)nc12.COc1cccc2nnn(CC(=O)[C@H]3CC[C@H]4[C@@H]5CC[C@@H]6C[C@](C)(O)CC[C@]6(C)[C@H]5CC[C@]34C)c12.C[C@@]1(O)CC[C@@]2(C)[C@H](CC[C@@H]3[C@@H]2CC[C@]2(C)[C@@H](C(=O)CN4CCOCC4)CC[C@@H]32)C1. The minimum absolute atomic E-state index is 0.0854. The monoisotopic (exact) mass is 1860 g/mol. The number of carbonyl (C=O) groups is 4. The summed E-state index contributed by atoms with van der Waals surface area (Å²) in [5.41, 5.74) is 4.68. The Bertz CT molecular complexity index is 5360. The molecule has 0 spiro atoms. The van der Waals surface area contributed by atoms with Crippen molar-refractivity contribution in [2.45, 2.75) is 356 Å². The van der Waals surface area contributed by atoms with Crippen LogP contribution in [0.4, 0.5) is 0 Å². The van der Waals surface area contributed by atoms with Gasteiger partial charge in [-0.05, 0) is 433 Å². The third-order valence-corrected chi connectivity index (χ3v) is 44.8. The fourth-order valence-corrected chi connectivity index (χ4v) is 37.4. The Morgan fingerprint density at radius 3 is 1.07 bits per heavy atom. The van der Waals surface area contributed by atoms with Crippen LogP contribution < -0.4 is 14.2 Å². The highest BCUT2D eigenvalue weighted by molar-refractivity contribution is 5.88. The van der Waals surface area contributed by atoms with Crippen molar-refractivity contribution in [3.63, 3.8) is 0 Å². The van der Waals surface area contributed by atoms with Gasteiger partial charge in [0.05, 0.1) is 69.0 Å². The summed E-state index contributed by atoms with van der Waals surface area (Å²) in [5.74, 6) is 15.4. The van der Waals surface area contributed by atoms with Gasteiger partial charge in [-0.3, -0.25) is 24.1 Å². The summed E-state index contributed by atoms with van der Waals surface area (Å²) >= 11 is 0. The van der Waals surface area contributed by atoms with Crippen LogP contribution in [0.2, 0.25) is 0 Å². The average Bonchev–Trinajstić information content (AvgIpc) is 1.63. The highest BCUT2D eigenvalue weighted by Crippen LogP contribution is 2.74. The van der Waals surface area contributed by atoms with E-state index in [2.05, 4.69) is 98.0 Å². The minimum Gasteiger partial charge on any atom is -0.494 e. The highest BCUT2D eigenvalue weighted by atomic mass is 16.5. The van der Waals surface area contributed by atoms with Gasteiger partial charge in [0.15, 0.2) is 28.4 Å². The molecule has 4 N–H and O–H groups in total. The fourth-order valence-electron chi connectivity index (χ4n) is 37.4. The van der Waals surface area contributed by atoms with Crippen LogP contribution in [0.5, 0.6) is 17.2 Å². The number of morpholine rings is 1. The zero-order valence-electron chi connectivity index (χ0n) is 84.9. The molecule has 0 unspecified atom stereocenters. The zero-order valence-corrected chi connectivity index (χ0v) is 84.9. The molecule has 0 radical (unpaired) electrons. The topological polar surface area (TPSA) is 281 Å². The van der Waals surface area contributed by atoms with Crippen molar-refractivity contribution in [2.24, 2.45) is 162 Å². The molecule has 0 amide bonds. The van der Waals surface area contributed by atoms with Gasteiger partial charge < -0.3 is 39.4 Å². The van der Waals surface area contributed by atoms with Gasteiger partial charge in [0, 0.05) is 36.8 Å². The quantitative estimate of drug-likeness (QED) is 0.0743. The van der Waals surface area contributed by atoms with E-state index in [1.165, 1.54) is 116 Å². The maximum atomic E-state index is 13.8. The van der Waals surface area contributed by atoms with Crippen molar-refractivity contribution in [2.75, 3.05) is 54.2 Å². The van der Waals surface area contributed by atoms with Crippen LogP contribution in [0.1, 0.15) is 314 Å². The largest absolute Gasteiger partial charge is 0.494 e. The third-order valence-electron chi connectivity index (χ3n) is 44.8. The highest BCUT2D eigenvalue weighted by Gasteiger charge is 2.68. The van der Waals surface area contributed by atoms with Crippen LogP contribution in [0.15, 0.2) is 54.6 Å². The molecule has 0 bridgehead atoms. The molecule has 740 valence electrons. The van der Waals surface area contributed by atoms with E-state index in [1.807, 2.05) is 75.4 Å². The molecule has 3 aromatic heterocycles. The molecule has 16 saturated carbocycles. The molecule has 1 saturated heterocycles. The number of nitrogens with zero attached hydrogens (tertiary/aromatic N) is 10. The number of ketones is 4. The molecule has 135 heavy (non-hydrogen) atoms. The number of hydrogen-bond acceptors (Lipinski definition) is 19. The van der Waals surface area contributed by atoms with E-state index in [0.717, 1.165) is 228 Å². The van der Waals surface area contributed by atoms with Gasteiger partial charge in [0.25, 0.3) is 0 Å². The summed E-state index contributed by atoms with van der Waals surface area (Å²) in [6.07, 6.45) is 41.0. The number of hydrogen-bond donors (Lipinski definition) is 4. The number of aliphatic hydroxyl groups is 4. The molecule has 1 aliphatic heterocycles. The maximum absolute atomic E-state index is 13.8. The van der Waals surface area contributed by atoms with Gasteiger partial charge in [-0.15, -0.1) is 15.3 Å². The first-order valence-electron chi connectivity index (χ1n) is 54.1. The van der Waals surface area contributed by atoms with Crippen molar-refractivity contribution >= 4 is 56.2 Å². The molecule has 17 aliphatic rings. The van der Waals surface area contributed by atoms with Gasteiger partial charge in [-0.2, -0.15) is 9.90 Å². The number of ether oxygens (including phenoxy) is 4. The van der Waals surface area contributed by atoms with Crippen LogP contribution in [0, 0.1) is 162 Å². The van der Waals surface area contributed by atoms with Crippen molar-refractivity contribution in [3.05, 3.63) is 54.6 Å². The maximum Gasteiger partial charge on any atom is 0.159 e. The summed E-state index contributed by atoms with van der Waals surface area (Å²) < 4.78 is 25.4. The summed E-state index contributed by atoms with van der Waals surface area (Å²) in [7, 11) is 4.93. The second-order valence-electron chi connectivity index (χ2n) is 51.6. The predicted molar refractivity (Wildman–Crippen MR) is 523 cm³/mol. The molecule has 22 nitrogen and oxygen atoms in total. The van der Waals surface area contributed by atoms with Gasteiger partial charge in [0.1, 0.15) is 59.2 Å². The standard InChI is InChI=1S/3C29H41N3O3.C26H43NO3/c1-27(34)14-15-28(2)18(16-27)8-9-19-20-10-11-22(29(20,3)13-12-21(19)28)24(33)17-32-23-6-5-7-25(35-4)26(23)30-31-32;1-27(34)14-15-28(2)18(16-27)8-9-19-20-10-11-22(29(20,3)13-12-21(19)28)24(33)17-32-26-23(30-31-32)6-5-7-25(26)35-4;1-27(34)14-15-28(2)18(16-27)8-9-19-20-10-11-22(29(20,3)13-12-21(19)28)24(33)17-32-30-23-6-5-7-25(35-4)26(23)31-32;1-24(29)10-11-25(2)18(16-24)4-5-19-20-6-7-22(26(20,3)9-8-21(19)25)23(28)17-27-12-14-30-15-13-27/h3*5-7,18-22,34H,8-17H2,1-4H3;18-22,29H,4-17H2,1-3H3/t3*18-,19+,20+,21+,22-,27-,28+,29+;18-,19+,20+,21+,22-,24-,25+,26+/m1111/s1. The van der Waals surface area contributed by atoms with E-state index in [4.69, 9.17) is 18.9 Å². The molecule has 22 heteroatoms. The summed E-state index contributed by atoms with van der Waals surface area (Å²) in [5, 5.41) is 69.3. The van der Waals surface area contributed by atoms with E-state index in [1.54, 1.807) is 35.5 Å². The van der Waals surface area contributed by atoms with Crippen molar-refractivity contribution in [1.82, 2.24) is 49.9 Å². The summed E-state index contributed by atoms with van der Waals surface area (Å²) in [6.45, 7) is 32.9. The van der Waals surface area contributed by atoms with Gasteiger partial charge in [-0.1, -0.05) is 84.0 Å². The molecule has 3 aromatic carbocycles. The molecule has 17 fully saturated rings. The van der Waals surface area contributed by atoms with Crippen LogP contribution in [0.3, 0.4) is 0 Å². The first-order valence-corrected chi connectivity index (χ1v) is 54.1. The van der Waals surface area contributed by atoms with E-state index in [9.17, 15) is 39.6 Å². The number of carbonyl (C=O) groups excluding carboxylic acids is 4. The number of Topliss-reactive ketones (excluding diaryl/α,β-unsaturated/α-hetero) is 4. The third kappa shape index (κ3) is 16.7. The number of benzene rings is 3. The lowest BCUT2D eigenvalue weighted by atomic mass is 9.44. The molecular formula is C113H166N10O12. The van der Waals surface area contributed by atoms with Crippen LogP contribution >= 0.6 is 0 Å². The van der Waals surface area contributed by atoms with Crippen LogP contribution in [-0.4, -0.2) is 170 Å². The predicted octanol–water partition coefficient (Wildman–Crippen LogP) is 20.6. The Kier molecular flexibility index (Phi) is 25.4. The van der Waals surface area contributed by atoms with Gasteiger partial charge in [0.2, 0.25) is 0 Å². The molecule has 23 rings (SSSR count). The minimum atomic E-state index is -0.487. The van der Waals surface area contributed by atoms with E-state index >= 15 is 0 Å². The van der Waals surface area contributed by atoms with Crippen molar-refractivity contribution in [3.8, 4) is 17.2 Å². The van der Waals surface area contributed by atoms with E-state index in [0.29, 0.717) is 117 Å². The number of fused-ring (bicyclic) bond motifs is 23. The number of para-hydroxylation sites is 1. The second-order valence-corrected chi connectivity index (χ2v) is 51.6. The lowest BCUT2D eigenvalue weighted by Crippen LogP contribution is -2.56. The molecule has 6 aromatic rings. The first kappa shape index (κ1) is 96.2. The molecule has 4 heterocycles. The smallest absolute Gasteiger partial charge is 0.159 e. The number of methoxy groups -OCH3 is 3. The first-order chi connectivity index (χ1) is 64.2. The lowest BCUT2D eigenvalue weighted by Gasteiger charge is -2.61. The molecule has 32 atom stereocenters. The van der Waals surface area contributed by atoms with Crippen molar-refractivity contribution in [1.29, 1.82) is 0 Å². The number of aromatic nitrogens is 9. The van der Waals surface area contributed by atoms with E-state index < -0.39 is 22.4 Å². The van der Waals surface area contributed by atoms with Gasteiger partial charge >= 0.3 is 0 Å². The molecule has 16 aliphatic carbocycles. The fraction of sp³-hybridized carbons (Fsp3) is 0.805. The summed E-state index contributed by atoms with van der Waals surface area (Å²) in [6, 6.07) is 17.2. The lowest BCUT2D eigenvalue weighted by molar-refractivity contribution is -0.151. The van der Waals surface area contributed by atoms with Gasteiger partial charge in [-0.25, -0.2) is 9.36 Å². The average molecular weight is 1860 g/mol. The van der Waals surface area contributed by atoms with Crippen molar-refractivity contribution < 1.29 is 58.6 Å². The van der Waals surface area contributed by atoms with E-state index in [-0.39, 0.29) is 58.4 Å². The Morgan fingerprint density at radius 1 is 0.341 bits per heavy atom. The Morgan fingerprint density at radius 2 is 0.674 bits per heavy atom. The van der Waals surface area contributed by atoms with Crippen LogP contribution in [0.25, 0.3) is 33.1 Å². The Labute approximate surface area is 804 Å². The normalized spacial score (nSPS) is 44.8. The number of rotatable bonds is 15. The zero-order chi connectivity index (χ0) is 94.9. The van der Waals surface area contributed by atoms with Crippen LogP contribution in [-0.2, 0) is 43.5 Å². The Balaban J connectivity index is 0.000000112.